The first kappa shape index (κ1) is 26.3. The zero-order valence-corrected chi connectivity index (χ0v) is 23.5. The molecule has 6 rings (SSSR count). The first-order valence-corrected chi connectivity index (χ1v) is 14.1. The van der Waals surface area contributed by atoms with E-state index < -0.39 is 16.9 Å². The number of amides is 1. The van der Waals surface area contributed by atoms with Gasteiger partial charge in [0.1, 0.15) is 11.4 Å². The Morgan fingerprint density at radius 3 is 2.25 bits per heavy atom. The molecule has 0 spiro atoms. The summed E-state index contributed by atoms with van der Waals surface area (Å²) >= 11 is 7.59. The van der Waals surface area contributed by atoms with Crippen molar-refractivity contribution in [1.82, 2.24) is 9.13 Å². The minimum absolute atomic E-state index is 0.274. The smallest absolute Gasteiger partial charge is 0.337 e. The van der Waals surface area contributed by atoms with Crippen molar-refractivity contribution in [3.63, 3.8) is 0 Å². The van der Waals surface area contributed by atoms with Crippen molar-refractivity contribution >= 4 is 50.4 Å². The molecule has 3 heterocycles. The lowest BCUT2D eigenvalue weighted by molar-refractivity contribution is -0.118. The molecule has 0 radical (unpaired) electrons. The van der Waals surface area contributed by atoms with Crippen LogP contribution in [0.5, 0.6) is 0 Å². The molecule has 0 unspecified atom stereocenters. The zero-order chi connectivity index (χ0) is 28.0. The number of carbonyl (C=O) groups excluding carboxylic acids is 1. The van der Waals surface area contributed by atoms with Gasteiger partial charge in [0.2, 0.25) is 0 Å². The molecule has 9 heteroatoms. The van der Waals surface area contributed by atoms with Crippen LogP contribution in [0.15, 0.2) is 94.5 Å². The van der Waals surface area contributed by atoms with E-state index >= 15 is 0 Å². The molecule has 1 aliphatic rings. The monoisotopic (exact) mass is 571 g/mol. The van der Waals surface area contributed by atoms with E-state index in [1.807, 2.05) is 74.5 Å². The second-order valence-corrected chi connectivity index (χ2v) is 11.8. The molecule has 0 aliphatic carbocycles. The van der Waals surface area contributed by atoms with Crippen molar-refractivity contribution in [1.29, 1.82) is 0 Å². The molecule has 5 aromatic rings. The molecule has 202 valence electrons. The molecule has 3 aromatic carbocycles. The number of nitrogens with zero attached hydrogens (tertiary/aromatic N) is 3. The van der Waals surface area contributed by atoms with Crippen LogP contribution in [0.3, 0.4) is 0 Å². The highest BCUT2D eigenvalue weighted by Gasteiger charge is 2.33. The van der Waals surface area contributed by atoms with Crippen LogP contribution in [-0.2, 0) is 29.1 Å². The fraction of sp³-hybridized carbons (Fsp3) is 0.194. The van der Waals surface area contributed by atoms with Gasteiger partial charge in [-0.3, -0.25) is 19.1 Å². The van der Waals surface area contributed by atoms with Gasteiger partial charge in [-0.25, -0.2) is 9.36 Å². The van der Waals surface area contributed by atoms with Gasteiger partial charge in [0.15, 0.2) is 0 Å². The van der Waals surface area contributed by atoms with Gasteiger partial charge in [0.05, 0.1) is 23.3 Å². The highest BCUT2D eigenvalue weighted by Crippen LogP contribution is 2.37. The number of thiophene rings is 1. The standard InChI is InChI=1S/C31H26ClN3O4S/c1-31(2)17-24-25(19-39-31)40-29-27(24)28(37)35(23-15-9-10-20(32)16-23)30(38)33(29)18-26(36)34(21-11-5-3-6-12-21)22-13-7-4-8-14-22/h3-16H,17-19H2,1-2H3. The summed E-state index contributed by atoms with van der Waals surface area (Å²) in [6, 6.07) is 25.2. The van der Waals surface area contributed by atoms with Crippen LogP contribution in [0, 0.1) is 0 Å². The molecule has 0 N–H and O–H groups in total. The Morgan fingerprint density at radius 2 is 1.62 bits per heavy atom. The highest BCUT2D eigenvalue weighted by molar-refractivity contribution is 7.18. The van der Waals surface area contributed by atoms with Gasteiger partial charge >= 0.3 is 5.69 Å². The van der Waals surface area contributed by atoms with Crippen LogP contribution >= 0.6 is 22.9 Å². The SMILES string of the molecule is CC1(C)Cc2c(sc3c2c(=O)n(-c2cccc(Cl)c2)c(=O)n3CC(=O)N(c2ccccc2)c2ccccc2)CO1. The Bertz CT molecular complexity index is 1820. The second-order valence-electron chi connectivity index (χ2n) is 10.3. The van der Waals surface area contributed by atoms with Crippen molar-refractivity contribution < 1.29 is 9.53 Å². The van der Waals surface area contributed by atoms with Crippen molar-refractivity contribution in [3.8, 4) is 5.69 Å². The quantitative estimate of drug-likeness (QED) is 0.256. The zero-order valence-electron chi connectivity index (χ0n) is 22.0. The van der Waals surface area contributed by atoms with Crippen molar-refractivity contribution in [2.75, 3.05) is 4.90 Å². The Morgan fingerprint density at radius 1 is 0.975 bits per heavy atom. The lowest BCUT2D eigenvalue weighted by atomic mass is 9.94. The first-order valence-electron chi connectivity index (χ1n) is 12.9. The lowest BCUT2D eigenvalue weighted by Crippen LogP contribution is -2.42. The number of halogens is 1. The number of benzene rings is 3. The summed E-state index contributed by atoms with van der Waals surface area (Å²) in [4.78, 5) is 45.1. The minimum Gasteiger partial charge on any atom is -0.370 e. The predicted molar refractivity (Wildman–Crippen MR) is 159 cm³/mol. The molecule has 1 aliphatic heterocycles. The molecule has 2 aromatic heterocycles. The van der Waals surface area contributed by atoms with E-state index in [1.54, 1.807) is 29.2 Å². The van der Waals surface area contributed by atoms with Gasteiger partial charge in [-0.05, 0) is 61.9 Å². The third-order valence-corrected chi connectivity index (χ3v) is 8.45. The van der Waals surface area contributed by atoms with Gasteiger partial charge in [0, 0.05) is 27.7 Å². The Labute approximate surface area is 239 Å². The maximum atomic E-state index is 14.1. The van der Waals surface area contributed by atoms with Gasteiger partial charge in [0.25, 0.3) is 11.5 Å². The average molecular weight is 572 g/mol. The largest absolute Gasteiger partial charge is 0.370 e. The van der Waals surface area contributed by atoms with E-state index in [0.717, 1.165) is 15.0 Å². The Hall–Kier alpha value is -3.98. The topological polar surface area (TPSA) is 73.5 Å². The number of carbonyl (C=O) groups is 1. The number of fused-ring (bicyclic) bond motifs is 3. The van der Waals surface area contributed by atoms with Crippen LogP contribution in [-0.4, -0.2) is 20.6 Å². The van der Waals surface area contributed by atoms with E-state index in [9.17, 15) is 14.4 Å². The predicted octanol–water partition coefficient (Wildman–Crippen LogP) is 6.08. The Balaban J connectivity index is 1.58. The maximum Gasteiger partial charge on any atom is 0.337 e. The van der Waals surface area contributed by atoms with Gasteiger partial charge in [-0.2, -0.15) is 0 Å². The average Bonchev–Trinajstić information content (AvgIpc) is 3.30. The van der Waals surface area contributed by atoms with Gasteiger partial charge in [-0.15, -0.1) is 11.3 Å². The number of anilines is 2. The van der Waals surface area contributed by atoms with E-state index in [0.29, 0.717) is 45.3 Å². The van der Waals surface area contributed by atoms with E-state index in [-0.39, 0.29) is 12.5 Å². The number of ether oxygens (including phenoxy) is 1. The number of hydrogen-bond acceptors (Lipinski definition) is 5. The van der Waals surface area contributed by atoms with Crippen LogP contribution in [0.2, 0.25) is 5.02 Å². The summed E-state index contributed by atoms with van der Waals surface area (Å²) in [6.45, 7) is 4.02. The molecule has 0 fully saturated rings. The summed E-state index contributed by atoms with van der Waals surface area (Å²) in [5, 5.41) is 0.836. The normalized spacial score (nSPS) is 14.2. The van der Waals surface area contributed by atoms with Crippen molar-refractivity contribution in [2.24, 2.45) is 0 Å². The van der Waals surface area contributed by atoms with Crippen LogP contribution < -0.4 is 16.1 Å². The summed E-state index contributed by atoms with van der Waals surface area (Å²) in [7, 11) is 0. The molecular weight excluding hydrogens is 546 g/mol. The fourth-order valence-corrected chi connectivity index (χ4v) is 6.53. The number of hydrogen-bond donors (Lipinski definition) is 0. The van der Waals surface area contributed by atoms with Crippen LogP contribution in [0.25, 0.3) is 15.9 Å². The second kappa shape index (κ2) is 10.2. The van der Waals surface area contributed by atoms with Crippen molar-refractivity contribution in [2.45, 2.75) is 39.0 Å². The first-order chi connectivity index (χ1) is 19.2. The molecule has 0 saturated carbocycles. The summed E-state index contributed by atoms with van der Waals surface area (Å²) in [6.07, 6.45) is 0.513. The molecule has 0 saturated heterocycles. The van der Waals surface area contributed by atoms with E-state index in [2.05, 4.69) is 0 Å². The molecular formula is C31H26ClN3O4S. The van der Waals surface area contributed by atoms with E-state index in [1.165, 1.54) is 15.9 Å². The molecule has 1 amide bonds. The molecule has 7 nitrogen and oxygen atoms in total. The summed E-state index contributed by atoms with van der Waals surface area (Å²) < 4.78 is 8.55. The summed E-state index contributed by atoms with van der Waals surface area (Å²) in [5.74, 6) is -0.319. The van der Waals surface area contributed by atoms with Crippen LogP contribution in [0.1, 0.15) is 24.3 Å². The van der Waals surface area contributed by atoms with E-state index in [4.69, 9.17) is 16.3 Å². The number of para-hydroxylation sites is 2. The van der Waals surface area contributed by atoms with Crippen molar-refractivity contribution in [3.05, 3.63) is 121 Å². The molecule has 40 heavy (non-hydrogen) atoms. The Kier molecular flexibility index (Phi) is 6.70. The third-order valence-electron chi connectivity index (χ3n) is 6.99. The highest BCUT2D eigenvalue weighted by atomic mass is 35.5. The molecule has 0 bridgehead atoms. The molecule has 0 atom stereocenters. The summed E-state index contributed by atoms with van der Waals surface area (Å²) in [5.41, 5.74) is 1.06. The maximum absolute atomic E-state index is 14.1. The third kappa shape index (κ3) is 4.68. The van der Waals surface area contributed by atoms with Gasteiger partial charge in [-0.1, -0.05) is 54.1 Å². The lowest BCUT2D eigenvalue weighted by Gasteiger charge is -2.29. The van der Waals surface area contributed by atoms with Crippen LogP contribution in [0.4, 0.5) is 11.4 Å². The fourth-order valence-electron chi connectivity index (χ4n) is 5.14. The van der Waals surface area contributed by atoms with Gasteiger partial charge < -0.3 is 4.74 Å². The number of rotatable bonds is 5. The minimum atomic E-state index is -0.604. The number of aromatic nitrogens is 2.